The molecule has 9 heteroatoms. The maximum Gasteiger partial charge on any atom is 0.265 e. The van der Waals surface area contributed by atoms with Crippen molar-refractivity contribution in [1.82, 2.24) is 20.0 Å². The summed E-state index contributed by atoms with van der Waals surface area (Å²) in [6.45, 7) is 3.46. The summed E-state index contributed by atoms with van der Waals surface area (Å²) >= 11 is 0. The topological polar surface area (TPSA) is 106 Å². The van der Waals surface area contributed by atoms with E-state index >= 15 is 0 Å². The molecule has 0 bridgehead atoms. The highest BCUT2D eigenvalue weighted by Crippen LogP contribution is 2.19. The van der Waals surface area contributed by atoms with Crippen LogP contribution in [-0.4, -0.2) is 72.2 Å². The highest BCUT2D eigenvalue weighted by atomic mass is 16.5. The Morgan fingerprint density at radius 3 is 3.04 bits per heavy atom. The van der Waals surface area contributed by atoms with Crippen molar-refractivity contribution in [2.24, 2.45) is 0 Å². The Morgan fingerprint density at radius 2 is 2.17 bits per heavy atom. The third-order valence-corrected chi connectivity index (χ3v) is 4.02. The van der Waals surface area contributed by atoms with Crippen LogP contribution in [0, 0.1) is 0 Å². The number of rotatable bonds is 2. The monoisotopic (exact) mass is 324 g/mol. The van der Waals surface area contributed by atoms with Gasteiger partial charge < -0.3 is 19.7 Å². The number of hydrogen-bond acceptors (Lipinski definition) is 6. The molecular formula is C14H20N4O5. The van der Waals surface area contributed by atoms with E-state index in [1.54, 1.807) is 4.90 Å². The summed E-state index contributed by atoms with van der Waals surface area (Å²) in [5, 5.41) is 5.60. The van der Waals surface area contributed by atoms with E-state index in [4.69, 9.17) is 9.47 Å². The molecule has 2 saturated heterocycles. The lowest BCUT2D eigenvalue weighted by atomic mass is 10.0. The maximum atomic E-state index is 12.5. The van der Waals surface area contributed by atoms with E-state index in [1.807, 2.05) is 0 Å². The lowest BCUT2D eigenvalue weighted by Gasteiger charge is -2.41. The average molecular weight is 324 g/mol. The van der Waals surface area contributed by atoms with E-state index in [9.17, 15) is 14.4 Å². The molecule has 2 fully saturated rings. The minimum absolute atomic E-state index is 0.195. The molecule has 0 radical (unpaired) electrons. The summed E-state index contributed by atoms with van der Waals surface area (Å²) in [5.41, 5.74) is -1.39. The summed E-state index contributed by atoms with van der Waals surface area (Å²) in [5.74, 6) is -0.235. The first-order chi connectivity index (χ1) is 11.1. The van der Waals surface area contributed by atoms with Crippen molar-refractivity contribution in [2.75, 3.05) is 46.0 Å². The van der Waals surface area contributed by atoms with Crippen LogP contribution in [0.1, 0.15) is 0 Å². The molecule has 3 rings (SSSR count). The summed E-state index contributed by atoms with van der Waals surface area (Å²) in [7, 11) is 0. The van der Waals surface area contributed by atoms with Crippen LogP contribution >= 0.6 is 0 Å². The van der Waals surface area contributed by atoms with Crippen LogP contribution in [-0.2, 0) is 20.8 Å². The summed E-state index contributed by atoms with van der Waals surface area (Å²) in [6.07, 6.45) is 0. The largest absolute Gasteiger partial charge is 0.377 e. The Morgan fingerprint density at radius 1 is 1.30 bits per heavy atom. The first-order valence-corrected chi connectivity index (χ1v) is 7.58. The molecule has 3 heterocycles. The predicted molar refractivity (Wildman–Crippen MR) is 80.3 cm³/mol. The van der Waals surface area contributed by atoms with Crippen LogP contribution in [0.2, 0.25) is 0 Å². The second-order valence-corrected chi connectivity index (χ2v) is 5.81. The summed E-state index contributed by atoms with van der Waals surface area (Å²) in [6, 6.07) is 2.29. The Balaban J connectivity index is 1.70. The molecule has 1 spiro atoms. The van der Waals surface area contributed by atoms with Gasteiger partial charge in [-0.25, -0.2) is 4.68 Å². The third kappa shape index (κ3) is 3.69. The van der Waals surface area contributed by atoms with Gasteiger partial charge in [0.15, 0.2) is 0 Å². The van der Waals surface area contributed by atoms with Crippen molar-refractivity contribution in [3.8, 4) is 0 Å². The van der Waals surface area contributed by atoms with E-state index in [0.29, 0.717) is 39.5 Å². The number of aromatic nitrogens is 2. The Bertz CT molecular complexity index is 674. The molecule has 1 unspecified atom stereocenters. The van der Waals surface area contributed by atoms with Crippen LogP contribution < -0.4 is 16.4 Å². The first kappa shape index (κ1) is 15.9. The van der Waals surface area contributed by atoms with Crippen molar-refractivity contribution in [3.63, 3.8) is 0 Å². The molecule has 2 aliphatic rings. The molecule has 23 heavy (non-hydrogen) atoms. The third-order valence-electron chi connectivity index (χ3n) is 4.02. The minimum Gasteiger partial charge on any atom is -0.377 e. The molecule has 1 amide bonds. The van der Waals surface area contributed by atoms with Gasteiger partial charge in [-0.05, 0) is 0 Å². The van der Waals surface area contributed by atoms with Crippen molar-refractivity contribution in [2.45, 2.75) is 12.1 Å². The van der Waals surface area contributed by atoms with Crippen LogP contribution in [0.25, 0.3) is 0 Å². The van der Waals surface area contributed by atoms with E-state index in [0.717, 1.165) is 23.4 Å². The number of amides is 1. The summed E-state index contributed by atoms with van der Waals surface area (Å²) < 4.78 is 12.4. The Hall–Kier alpha value is -1.97. The van der Waals surface area contributed by atoms with E-state index in [-0.39, 0.29) is 12.5 Å². The average Bonchev–Trinajstić information content (AvgIpc) is 2.76. The molecule has 126 valence electrons. The van der Waals surface area contributed by atoms with Gasteiger partial charge in [-0.2, -0.15) is 0 Å². The van der Waals surface area contributed by atoms with E-state index < -0.39 is 16.7 Å². The number of carbonyl (C=O) groups excluding carboxylic acids is 1. The normalized spacial score (nSPS) is 25.3. The number of ether oxygens (including phenoxy) is 2. The SMILES string of the molecule is O=C(Cn1[nH]c(=O)ccc1=O)N1CCOC2(CNCCOC2)C1. The molecule has 1 aromatic heterocycles. The molecule has 1 atom stereocenters. The van der Waals surface area contributed by atoms with Gasteiger partial charge >= 0.3 is 0 Å². The van der Waals surface area contributed by atoms with Crippen molar-refractivity contribution in [1.29, 1.82) is 0 Å². The van der Waals surface area contributed by atoms with Crippen LogP contribution in [0.4, 0.5) is 0 Å². The quantitative estimate of drug-likeness (QED) is 0.637. The molecule has 0 aliphatic carbocycles. The van der Waals surface area contributed by atoms with Crippen molar-refractivity contribution >= 4 is 5.91 Å². The lowest BCUT2D eigenvalue weighted by molar-refractivity contribution is -0.159. The molecule has 2 aliphatic heterocycles. The number of morpholine rings is 1. The number of carbonyl (C=O) groups is 1. The van der Waals surface area contributed by atoms with Gasteiger partial charge in [-0.3, -0.25) is 19.5 Å². The molecular weight excluding hydrogens is 304 g/mol. The van der Waals surface area contributed by atoms with Crippen LogP contribution in [0.15, 0.2) is 21.7 Å². The first-order valence-electron chi connectivity index (χ1n) is 7.58. The standard InChI is InChI=1S/C14H20N4O5/c19-11-1-2-12(20)18(16-11)7-13(21)17-4-6-23-14(9-17)8-15-3-5-22-10-14/h1-2,15H,3-10H2,(H,16,19). The van der Waals surface area contributed by atoms with Gasteiger partial charge in [-0.15, -0.1) is 0 Å². The van der Waals surface area contributed by atoms with E-state index in [2.05, 4.69) is 10.4 Å². The minimum atomic E-state index is -0.556. The highest BCUT2D eigenvalue weighted by Gasteiger charge is 2.39. The fraction of sp³-hybridized carbons (Fsp3) is 0.643. The zero-order chi connectivity index (χ0) is 16.3. The van der Waals surface area contributed by atoms with Crippen LogP contribution in [0.5, 0.6) is 0 Å². The highest BCUT2D eigenvalue weighted by molar-refractivity contribution is 5.76. The molecule has 1 aromatic rings. The van der Waals surface area contributed by atoms with Gasteiger partial charge in [0.25, 0.3) is 11.1 Å². The fourth-order valence-corrected chi connectivity index (χ4v) is 2.84. The molecule has 0 aromatic carbocycles. The van der Waals surface area contributed by atoms with Gasteiger partial charge in [-0.1, -0.05) is 0 Å². The second kappa shape index (κ2) is 6.65. The van der Waals surface area contributed by atoms with Crippen molar-refractivity contribution in [3.05, 3.63) is 32.8 Å². The van der Waals surface area contributed by atoms with Gasteiger partial charge in [0.2, 0.25) is 5.91 Å². The maximum absolute atomic E-state index is 12.5. The number of H-pyrrole nitrogens is 1. The molecule has 2 N–H and O–H groups in total. The van der Waals surface area contributed by atoms with E-state index in [1.165, 1.54) is 0 Å². The van der Waals surface area contributed by atoms with Gasteiger partial charge in [0, 0.05) is 31.8 Å². The summed E-state index contributed by atoms with van der Waals surface area (Å²) in [4.78, 5) is 37.1. The van der Waals surface area contributed by atoms with Crippen molar-refractivity contribution < 1.29 is 14.3 Å². The van der Waals surface area contributed by atoms with Gasteiger partial charge in [0.05, 0.1) is 26.4 Å². The zero-order valence-corrected chi connectivity index (χ0v) is 12.7. The molecule has 0 saturated carbocycles. The second-order valence-electron chi connectivity index (χ2n) is 5.81. The zero-order valence-electron chi connectivity index (χ0n) is 12.7. The lowest BCUT2D eigenvalue weighted by Crippen LogP contribution is -2.60. The number of hydrogen-bond donors (Lipinski definition) is 2. The number of nitrogens with zero attached hydrogens (tertiary/aromatic N) is 2. The smallest absolute Gasteiger partial charge is 0.265 e. The Labute approximate surface area is 132 Å². The number of nitrogens with one attached hydrogen (secondary N) is 2. The molecule has 9 nitrogen and oxygen atoms in total. The number of aromatic amines is 1. The Kier molecular flexibility index (Phi) is 4.60. The predicted octanol–water partition coefficient (Wildman–Crippen LogP) is -2.25. The van der Waals surface area contributed by atoms with Crippen LogP contribution in [0.3, 0.4) is 0 Å². The van der Waals surface area contributed by atoms with Gasteiger partial charge in [0.1, 0.15) is 12.1 Å². The fourth-order valence-electron chi connectivity index (χ4n) is 2.84.